The number of hydrogen-bond acceptors (Lipinski definition) is 5. The second-order valence-corrected chi connectivity index (χ2v) is 6.53. The molecule has 0 unspecified atom stereocenters. The van der Waals surface area contributed by atoms with Gasteiger partial charge >= 0.3 is 5.97 Å². The molecule has 1 aliphatic rings. The predicted molar refractivity (Wildman–Crippen MR) is 109 cm³/mol. The van der Waals surface area contributed by atoms with E-state index in [1.54, 1.807) is 48.5 Å². The lowest BCUT2D eigenvalue weighted by Gasteiger charge is -2.14. The molecule has 3 aromatic rings. The van der Waals surface area contributed by atoms with E-state index in [1.165, 1.54) is 24.3 Å². The molecule has 0 bridgehead atoms. The van der Waals surface area contributed by atoms with E-state index in [2.05, 4.69) is 5.32 Å². The maximum Gasteiger partial charge on any atom is 0.338 e. The Morgan fingerprint density at radius 2 is 1.33 bits per heavy atom. The smallest absolute Gasteiger partial charge is 0.338 e. The van der Waals surface area contributed by atoms with Crippen LogP contribution in [-0.2, 0) is 9.53 Å². The van der Waals surface area contributed by atoms with Gasteiger partial charge in [-0.3, -0.25) is 14.4 Å². The lowest BCUT2D eigenvalue weighted by Crippen LogP contribution is -2.29. The van der Waals surface area contributed by atoms with E-state index in [9.17, 15) is 19.2 Å². The van der Waals surface area contributed by atoms with Gasteiger partial charge < -0.3 is 10.1 Å². The fourth-order valence-corrected chi connectivity index (χ4v) is 3.10. The minimum atomic E-state index is -0.688. The lowest BCUT2D eigenvalue weighted by molar-refractivity contribution is -0.119. The second-order valence-electron chi connectivity index (χ2n) is 6.53. The van der Waals surface area contributed by atoms with Crippen molar-refractivity contribution in [2.24, 2.45) is 0 Å². The van der Waals surface area contributed by atoms with Gasteiger partial charge in [-0.2, -0.15) is 0 Å². The van der Waals surface area contributed by atoms with Crippen LogP contribution in [0.2, 0.25) is 0 Å². The molecule has 3 amide bonds. The monoisotopic (exact) mass is 400 g/mol. The van der Waals surface area contributed by atoms with Gasteiger partial charge in [-0.25, -0.2) is 9.69 Å². The normalized spacial score (nSPS) is 12.5. The van der Waals surface area contributed by atoms with Gasteiger partial charge in [0.1, 0.15) is 0 Å². The van der Waals surface area contributed by atoms with Gasteiger partial charge in [0.15, 0.2) is 6.61 Å². The molecule has 0 saturated heterocycles. The van der Waals surface area contributed by atoms with Crippen LogP contribution in [0.1, 0.15) is 31.1 Å². The summed E-state index contributed by atoms with van der Waals surface area (Å²) < 4.78 is 5.02. The summed E-state index contributed by atoms with van der Waals surface area (Å²) >= 11 is 0. The first kappa shape index (κ1) is 19.1. The van der Waals surface area contributed by atoms with Crippen LogP contribution >= 0.6 is 0 Å². The zero-order valence-electron chi connectivity index (χ0n) is 15.7. The van der Waals surface area contributed by atoms with E-state index in [4.69, 9.17) is 4.74 Å². The fourth-order valence-electron chi connectivity index (χ4n) is 3.10. The van der Waals surface area contributed by atoms with Crippen molar-refractivity contribution in [2.75, 3.05) is 16.8 Å². The Morgan fingerprint density at radius 3 is 1.93 bits per heavy atom. The fraction of sp³-hybridized carbons (Fsp3) is 0.0435. The number of nitrogens with one attached hydrogen (secondary N) is 1. The van der Waals surface area contributed by atoms with Crippen molar-refractivity contribution >= 4 is 35.1 Å². The molecule has 7 nitrogen and oxygen atoms in total. The van der Waals surface area contributed by atoms with Gasteiger partial charge in [0.2, 0.25) is 0 Å². The van der Waals surface area contributed by atoms with Crippen LogP contribution in [0.15, 0.2) is 78.9 Å². The number of carbonyl (C=O) groups excluding carboxylic acids is 4. The molecule has 0 fully saturated rings. The number of anilines is 2. The molecule has 0 saturated carbocycles. The molecule has 0 spiro atoms. The summed E-state index contributed by atoms with van der Waals surface area (Å²) in [6.07, 6.45) is 0. The third-order valence-electron chi connectivity index (χ3n) is 4.55. The summed E-state index contributed by atoms with van der Waals surface area (Å²) in [6, 6.07) is 21.3. The summed E-state index contributed by atoms with van der Waals surface area (Å²) in [5.41, 5.74) is 1.83. The average Bonchev–Trinajstić information content (AvgIpc) is 3.03. The van der Waals surface area contributed by atoms with Gasteiger partial charge in [-0.1, -0.05) is 30.3 Å². The Balaban J connectivity index is 1.39. The van der Waals surface area contributed by atoms with Crippen molar-refractivity contribution in [3.05, 3.63) is 95.6 Å². The zero-order chi connectivity index (χ0) is 21.1. The summed E-state index contributed by atoms with van der Waals surface area (Å²) in [4.78, 5) is 50.2. The average molecular weight is 400 g/mol. The highest BCUT2D eigenvalue weighted by atomic mass is 16.5. The second kappa shape index (κ2) is 8.00. The number of imide groups is 1. The first-order chi connectivity index (χ1) is 14.5. The molecule has 30 heavy (non-hydrogen) atoms. The lowest BCUT2D eigenvalue weighted by atomic mass is 10.1. The maximum absolute atomic E-state index is 12.5. The molecule has 4 rings (SSSR count). The number of carbonyl (C=O) groups is 4. The molecule has 1 aliphatic heterocycles. The van der Waals surface area contributed by atoms with Crippen molar-refractivity contribution in [2.45, 2.75) is 0 Å². The molecule has 0 atom stereocenters. The number of amides is 3. The molecule has 148 valence electrons. The third-order valence-corrected chi connectivity index (χ3v) is 4.55. The summed E-state index contributed by atoms with van der Waals surface area (Å²) in [5.74, 6) is -1.98. The summed E-state index contributed by atoms with van der Waals surface area (Å²) in [5, 5.41) is 2.62. The summed E-state index contributed by atoms with van der Waals surface area (Å²) in [7, 11) is 0. The van der Waals surface area contributed by atoms with Crippen molar-refractivity contribution in [3.8, 4) is 0 Å². The number of benzene rings is 3. The highest BCUT2D eigenvalue weighted by Gasteiger charge is 2.36. The number of esters is 1. The summed E-state index contributed by atoms with van der Waals surface area (Å²) in [6.45, 7) is -0.437. The highest BCUT2D eigenvalue weighted by Crippen LogP contribution is 2.28. The SMILES string of the molecule is O=C(COC(=O)c1ccc(N2C(=O)c3ccccc3C2=O)cc1)Nc1ccccc1. The number of hydrogen-bond donors (Lipinski definition) is 1. The van der Waals surface area contributed by atoms with Gasteiger partial charge in [-0.15, -0.1) is 0 Å². The molecular weight excluding hydrogens is 384 g/mol. The molecule has 7 heteroatoms. The van der Waals surface area contributed by atoms with E-state index in [0.717, 1.165) is 4.90 Å². The Kier molecular flexibility index (Phi) is 5.09. The number of para-hydroxylation sites is 1. The van der Waals surface area contributed by atoms with Crippen LogP contribution < -0.4 is 10.2 Å². The molecule has 1 N–H and O–H groups in total. The molecule has 3 aromatic carbocycles. The van der Waals surface area contributed by atoms with Crippen molar-refractivity contribution in [3.63, 3.8) is 0 Å². The first-order valence-corrected chi connectivity index (χ1v) is 9.14. The Hall–Kier alpha value is -4.26. The van der Waals surface area contributed by atoms with Gasteiger partial charge in [-0.05, 0) is 48.5 Å². The number of rotatable bonds is 5. The van der Waals surface area contributed by atoms with Crippen LogP contribution in [0.25, 0.3) is 0 Å². The van der Waals surface area contributed by atoms with Crippen LogP contribution in [0.4, 0.5) is 11.4 Å². The van der Waals surface area contributed by atoms with Crippen molar-refractivity contribution < 1.29 is 23.9 Å². The predicted octanol–water partition coefficient (Wildman–Crippen LogP) is 3.28. The van der Waals surface area contributed by atoms with Crippen LogP contribution in [0, 0.1) is 0 Å². The van der Waals surface area contributed by atoms with E-state index in [-0.39, 0.29) is 5.56 Å². The van der Waals surface area contributed by atoms with E-state index >= 15 is 0 Å². The Labute approximate surface area is 171 Å². The largest absolute Gasteiger partial charge is 0.452 e. The van der Waals surface area contributed by atoms with Crippen LogP contribution in [0.5, 0.6) is 0 Å². The van der Waals surface area contributed by atoms with E-state index in [0.29, 0.717) is 22.5 Å². The maximum atomic E-state index is 12.5. The van der Waals surface area contributed by atoms with Gasteiger partial charge in [0.05, 0.1) is 22.4 Å². The number of fused-ring (bicyclic) bond motifs is 1. The van der Waals surface area contributed by atoms with E-state index < -0.39 is 30.3 Å². The quantitative estimate of drug-likeness (QED) is 0.524. The first-order valence-electron chi connectivity index (χ1n) is 9.14. The molecule has 1 heterocycles. The molecule has 0 aliphatic carbocycles. The zero-order valence-corrected chi connectivity index (χ0v) is 15.7. The van der Waals surface area contributed by atoms with E-state index in [1.807, 2.05) is 6.07 Å². The minimum Gasteiger partial charge on any atom is -0.452 e. The Morgan fingerprint density at radius 1 is 0.767 bits per heavy atom. The van der Waals surface area contributed by atoms with Crippen LogP contribution in [0.3, 0.4) is 0 Å². The topological polar surface area (TPSA) is 92.8 Å². The highest BCUT2D eigenvalue weighted by molar-refractivity contribution is 6.34. The van der Waals surface area contributed by atoms with Crippen molar-refractivity contribution in [1.29, 1.82) is 0 Å². The molecular formula is C23H16N2O5. The van der Waals surface area contributed by atoms with Gasteiger partial charge in [0, 0.05) is 5.69 Å². The standard InChI is InChI=1S/C23H16N2O5/c26-20(24-16-6-2-1-3-7-16)14-30-23(29)15-10-12-17(13-11-15)25-21(27)18-8-4-5-9-19(18)22(25)28/h1-13H,14H2,(H,24,26). The van der Waals surface area contributed by atoms with Crippen molar-refractivity contribution in [1.82, 2.24) is 0 Å². The van der Waals surface area contributed by atoms with Gasteiger partial charge in [0.25, 0.3) is 17.7 Å². The molecule has 0 aromatic heterocycles. The molecule has 0 radical (unpaired) electrons. The Bertz CT molecular complexity index is 1100. The number of nitrogens with zero attached hydrogens (tertiary/aromatic N) is 1. The minimum absolute atomic E-state index is 0.197. The third kappa shape index (κ3) is 3.68. The number of ether oxygens (including phenoxy) is 1. The van der Waals surface area contributed by atoms with Crippen LogP contribution in [-0.4, -0.2) is 30.3 Å².